The van der Waals surface area contributed by atoms with Crippen molar-refractivity contribution in [3.8, 4) is 11.5 Å². The van der Waals surface area contributed by atoms with E-state index in [1.54, 1.807) is 36.4 Å². The zero-order chi connectivity index (χ0) is 18.9. The summed E-state index contributed by atoms with van der Waals surface area (Å²) < 4.78 is 11.0. The Balaban J connectivity index is 2.18. The van der Waals surface area contributed by atoms with E-state index in [0.29, 0.717) is 36.0 Å². The average Bonchev–Trinajstić information content (AvgIpc) is 2.62. The Kier molecular flexibility index (Phi) is 6.78. The van der Waals surface area contributed by atoms with Crippen molar-refractivity contribution >= 4 is 17.3 Å². The lowest BCUT2D eigenvalue weighted by molar-refractivity contribution is -0.385. The molecule has 0 radical (unpaired) electrons. The predicted octanol–water partition coefficient (Wildman–Crippen LogP) is 3.32. The van der Waals surface area contributed by atoms with Crippen molar-refractivity contribution in [3.63, 3.8) is 0 Å². The number of aliphatic imine (C=N–C) groups is 1. The summed E-state index contributed by atoms with van der Waals surface area (Å²) in [5, 5.41) is 14.0. The van der Waals surface area contributed by atoms with Gasteiger partial charge in [0.05, 0.1) is 35.9 Å². The standard InChI is InChI=1S/C18H22N4O4/c1-3-25-14-9-10-17(26-4-2)15(11-14)21-18(19)20-12-13-7-5-6-8-16(13)22(23)24/h5-11H,3-4,12H2,1-2H3,(H3,19,20,21). The van der Waals surface area contributed by atoms with Gasteiger partial charge in [0.25, 0.3) is 5.69 Å². The minimum Gasteiger partial charge on any atom is -0.494 e. The molecular weight excluding hydrogens is 336 g/mol. The molecule has 3 N–H and O–H groups in total. The van der Waals surface area contributed by atoms with Crippen LogP contribution in [-0.4, -0.2) is 24.1 Å². The first-order valence-corrected chi connectivity index (χ1v) is 8.24. The van der Waals surface area contributed by atoms with Crippen LogP contribution < -0.4 is 20.5 Å². The minimum absolute atomic E-state index is 0.0115. The first-order chi connectivity index (χ1) is 12.5. The molecule has 0 spiro atoms. The van der Waals surface area contributed by atoms with E-state index in [0.717, 1.165) is 0 Å². The second-order valence-corrected chi connectivity index (χ2v) is 5.24. The van der Waals surface area contributed by atoms with Crippen molar-refractivity contribution in [2.24, 2.45) is 10.7 Å². The van der Waals surface area contributed by atoms with Gasteiger partial charge in [0.2, 0.25) is 0 Å². The van der Waals surface area contributed by atoms with Crippen molar-refractivity contribution in [1.82, 2.24) is 0 Å². The van der Waals surface area contributed by atoms with Crippen molar-refractivity contribution in [2.75, 3.05) is 18.5 Å². The molecule has 8 heteroatoms. The topological polar surface area (TPSA) is 112 Å². The smallest absolute Gasteiger partial charge is 0.274 e. The van der Waals surface area contributed by atoms with Crippen LogP contribution >= 0.6 is 0 Å². The Morgan fingerprint density at radius 1 is 1.19 bits per heavy atom. The van der Waals surface area contributed by atoms with Gasteiger partial charge in [-0.15, -0.1) is 0 Å². The fourth-order valence-corrected chi connectivity index (χ4v) is 2.32. The highest BCUT2D eigenvalue weighted by atomic mass is 16.6. The quantitative estimate of drug-likeness (QED) is 0.324. The van der Waals surface area contributed by atoms with Gasteiger partial charge in [-0.25, -0.2) is 4.99 Å². The van der Waals surface area contributed by atoms with Crippen LogP contribution in [0.4, 0.5) is 11.4 Å². The van der Waals surface area contributed by atoms with Gasteiger partial charge in [-0.1, -0.05) is 18.2 Å². The van der Waals surface area contributed by atoms with Crippen LogP contribution in [0, 0.1) is 10.1 Å². The number of rotatable bonds is 8. The summed E-state index contributed by atoms with van der Waals surface area (Å²) >= 11 is 0. The van der Waals surface area contributed by atoms with Crippen molar-refractivity contribution in [1.29, 1.82) is 0 Å². The number of nitrogens with one attached hydrogen (secondary N) is 1. The van der Waals surface area contributed by atoms with E-state index < -0.39 is 4.92 Å². The molecule has 0 aliphatic rings. The summed E-state index contributed by atoms with van der Waals surface area (Å²) in [6.45, 7) is 4.90. The molecular formula is C18H22N4O4. The number of hydrogen-bond acceptors (Lipinski definition) is 5. The Labute approximate surface area is 151 Å². The third kappa shape index (κ3) is 5.10. The molecule has 26 heavy (non-hydrogen) atoms. The van der Waals surface area contributed by atoms with Gasteiger partial charge in [-0.05, 0) is 26.0 Å². The minimum atomic E-state index is -0.437. The normalized spacial score (nSPS) is 11.1. The van der Waals surface area contributed by atoms with Crippen LogP contribution in [0.25, 0.3) is 0 Å². The monoisotopic (exact) mass is 358 g/mol. The maximum atomic E-state index is 11.1. The number of nitro benzene ring substituents is 1. The van der Waals surface area contributed by atoms with E-state index in [1.807, 2.05) is 13.8 Å². The van der Waals surface area contributed by atoms with Crippen LogP contribution in [0.1, 0.15) is 19.4 Å². The van der Waals surface area contributed by atoms with E-state index >= 15 is 0 Å². The average molecular weight is 358 g/mol. The van der Waals surface area contributed by atoms with E-state index in [9.17, 15) is 10.1 Å². The number of benzene rings is 2. The molecule has 2 aromatic carbocycles. The van der Waals surface area contributed by atoms with Crippen LogP contribution in [0.5, 0.6) is 11.5 Å². The zero-order valence-electron chi connectivity index (χ0n) is 14.8. The molecule has 0 bridgehead atoms. The predicted molar refractivity (Wildman–Crippen MR) is 101 cm³/mol. The number of guanidine groups is 1. The number of nitrogens with two attached hydrogens (primary N) is 1. The Bertz CT molecular complexity index is 793. The number of anilines is 1. The number of nitro groups is 1. The molecule has 0 unspecified atom stereocenters. The van der Waals surface area contributed by atoms with Crippen molar-refractivity contribution in [3.05, 3.63) is 58.1 Å². The van der Waals surface area contributed by atoms with Crippen molar-refractivity contribution < 1.29 is 14.4 Å². The van der Waals surface area contributed by atoms with Crippen LogP contribution in [0.15, 0.2) is 47.5 Å². The van der Waals surface area contributed by atoms with Gasteiger partial charge < -0.3 is 20.5 Å². The molecule has 0 saturated carbocycles. The lowest BCUT2D eigenvalue weighted by Crippen LogP contribution is -2.23. The lowest BCUT2D eigenvalue weighted by atomic mass is 10.2. The molecule has 138 valence electrons. The molecule has 0 fully saturated rings. The van der Waals surface area contributed by atoms with Gasteiger partial charge in [-0.3, -0.25) is 10.1 Å². The molecule has 2 rings (SSSR count). The summed E-state index contributed by atoms with van der Waals surface area (Å²) in [4.78, 5) is 14.8. The van der Waals surface area contributed by atoms with E-state index in [1.165, 1.54) is 6.07 Å². The number of hydrogen-bond donors (Lipinski definition) is 2. The highest BCUT2D eigenvalue weighted by molar-refractivity contribution is 5.94. The van der Waals surface area contributed by atoms with Crippen LogP contribution in [0.2, 0.25) is 0 Å². The highest BCUT2D eigenvalue weighted by Crippen LogP contribution is 2.29. The lowest BCUT2D eigenvalue weighted by Gasteiger charge is -2.14. The molecule has 2 aromatic rings. The fourth-order valence-electron chi connectivity index (χ4n) is 2.32. The summed E-state index contributed by atoms with van der Waals surface area (Å²) in [5.41, 5.74) is 7.05. The second-order valence-electron chi connectivity index (χ2n) is 5.24. The molecule has 0 heterocycles. The number of para-hydroxylation sites is 1. The third-order valence-electron chi connectivity index (χ3n) is 3.43. The van der Waals surface area contributed by atoms with E-state index in [-0.39, 0.29) is 18.2 Å². The Morgan fingerprint density at radius 2 is 1.92 bits per heavy atom. The van der Waals surface area contributed by atoms with Gasteiger partial charge in [0, 0.05) is 12.1 Å². The van der Waals surface area contributed by atoms with Gasteiger partial charge in [-0.2, -0.15) is 0 Å². The van der Waals surface area contributed by atoms with Crippen molar-refractivity contribution in [2.45, 2.75) is 20.4 Å². The SMILES string of the molecule is CCOc1ccc(OCC)c(NC(N)=NCc2ccccc2[N+](=O)[O-])c1. The zero-order valence-corrected chi connectivity index (χ0v) is 14.8. The largest absolute Gasteiger partial charge is 0.494 e. The van der Waals surface area contributed by atoms with Crippen LogP contribution in [-0.2, 0) is 6.54 Å². The fraction of sp³-hybridized carbons (Fsp3) is 0.278. The molecule has 0 amide bonds. The van der Waals surface area contributed by atoms with E-state index in [4.69, 9.17) is 15.2 Å². The Morgan fingerprint density at radius 3 is 2.62 bits per heavy atom. The Hall–Kier alpha value is -3.29. The first-order valence-electron chi connectivity index (χ1n) is 8.24. The molecule has 0 aliphatic carbocycles. The molecule has 8 nitrogen and oxygen atoms in total. The maximum Gasteiger partial charge on any atom is 0.274 e. The van der Waals surface area contributed by atoms with E-state index in [2.05, 4.69) is 10.3 Å². The molecule has 0 aliphatic heterocycles. The summed E-state index contributed by atoms with van der Waals surface area (Å²) in [7, 11) is 0. The maximum absolute atomic E-state index is 11.1. The second kappa shape index (κ2) is 9.26. The van der Waals surface area contributed by atoms with Gasteiger partial charge in [0.15, 0.2) is 5.96 Å². The number of ether oxygens (including phenoxy) is 2. The number of nitrogens with zero attached hydrogens (tertiary/aromatic N) is 2. The summed E-state index contributed by atoms with van der Waals surface area (Å²) in [6.07, 6.45) is 0. The summed E-state index contributed by atoms with van der Waals surface area (Å²) in [6, 6.07) is 11.8. The summed E-state index contributed by atoms with van der Waals surface area (Å²) in [5.74, 6) is 1.41. The first kappa shape index (κ1) is 19.0. The molecule has 0 saturated heterocycles. The highest BCUT2D eigenvalue weighted by Gasteiger charge is 2.12. The van der Waals surface area contributed by atoms with Gasteiger partial charge in [0.1, 0.15) is 11.5 Å². The van der Waals surface area contributed by atoms with Crippen LogP contribution in [0.3, 0.4) is 0 Å². The third-order valence-corrected chi connectivity index (χ3v) is 3.43. The van der Waals surface area contributed by atoms with Gasteiger partial charge >= 0.3 is 0 Å². The molecule has 0 atom stereocenters. The molecule has 0 aromatic heterocycles.